The van der Waals surface area contributed by atoms with E-state index in [9.17, 15) is 9.59 Å². The zero-order valence-electron chi connectivity index (χ0n) is 14.6. The molecule has 1 spiro atoms. The van der Waals surface area contributed by atoms with Crippen LogP contribution in [0.25, 0.3) is 0 Å². The maximum Gasteiger partial charge on any atom is 0.255 e. The minimum absolute atomic E-state index is 0.00342. The van der Waals surface area contributed by atoms with Crippen LogP contribution in [-0.2, 0) is 15.1 Å². The van der Waals surface area contributed by atoms with Crippen LogP contribution in [0.15, 0.2) is 18.5 Å². The van der Waals surface area contributed by atoms with Crippen molar-refractivity contribution in [3.05, 3.63) is 24.0 Å². The lowest BCUT2D eigenvalue weighted by Crippen LogP contribution is -2.56. The van der Waals surface area contributed by atoms with E-state index in [4.69, 9.17) is 4.74 Å². The average Bonchev–Trinajstić information content (AvgIpc) is 3.19. The van der Waals surface area contributed by atoms with Crippen LogP contribution in [0.1, 0.15) is 50.4 Å². The summed E-state index contributed by atoms with van der Waals surface area (Å²) >= 11 is 0. The quantitative estimate of drug-likeness (QED) is 0.788. The summed E-state index contributed by atoms with van der Waals surface area (Å²) in [6.07, 6.45) is 5.83. The fraction of sp³-hybridized carbons (Fsp3) is 0.667. The molecule has 4 heterocycles. The summed E-state index contributed by atoms with van der Waals surface area (Å²) < 4.78 is 8.12. The predicted molar refractivity (Wildman–Crippen MR) is 88.5 cm³/mol. The van der Waals surface area contributed by atoms with Gasteiger partial charge in [0.2, 0.25) is 5.91 Å². The van der Waals surface area contributed by atoms with Gasteiger partial charge >= 0.3 is 0 Å². The number of carbonyl (C=O) groups is 2. The van der Waals surface area contributed by atoms with Gasteiger partial charge in [0.25, 0.3) is 5.91 Å². The smallest absolute Gasteiger partial charge is 0.255 e. The first kappa shape index (κ1) is 15.7. The Morgan fingerprint density at radius 1 is 1.33 bits per heavy atom. The first-order valence-electron chi connectivity index (χ1n) is 8.77. The molecule has 0 radical (unpaired) electrons. The van der Waals surface area contributed by atoms with Gasteiger partial charge in [-0.1, -0.05) is 0 Å². The summed E-state index contributed by atoms with van der Waals surface area (Å²) in [5, 5.41) is 0. The Labute approximate surface area is 142 Å². The molecule has 1 aromatic heterocycles. The molecule has 3 aliphatic heterocycles. The van der Waals surface area contributed by atoms with Crippen LogP contribution in [0.5, 0.6) is 0 Å². The van der Waals surface area contributed by atoms with E-state index in [1.807, 2.05) is 28.3 Å². The van der Waals surface area contributed by atoms with Gasteiger partial charge < -0.3 is 19.1 Å². The van der Waals surface area contributed by atoms with E-state index in [0.29, 0.717) is 25.1 Å². The van der Waals surface area contributed by atoms with Gasteiger partial charge in [-0.25, -0.2) is 0 Å². The van der Waals surface area contributed by atoms with E-state index in [-0.39, 0.29) is 23.4 Å². The summed E-state index contributed by atoms with van der Waals surface area (Å²) in [4.78, 5) is 29.1. The highest BCUT2D eigenvalue weighted by molar-refractivity contribution is 5.95. The molecule has 0 unspecified atom stereocenters. The fourth-order valence-electron chi connectivity index (χ4n) is 4.30. The summed E-state index contributed by atoms with van der Waals surface area (Å²) in [5.41, 5.74) is 0.0540. The second-order valence-corrected chi connectivity index (χ2v) is 8.04. The molecular weight excluding hydrogens is 306 g/mol. The molecule has 0 N–H and O–H groups in total. The lowest BCUT2D eigenvalue weighted by atomic mass is 10.0. The van der Waals surface area contributed by atoms with Crippen molar-refractivity contribution in [3.8, 4) is 0 Å². The molecule has 0 saturated carbocycles. The molecular formula is C18H25N3O3. The van der Waals surface area contributed by atoms with E-state index in [1.54, 1.807) is 0 Å². The highest BCUT2D eigenvalue weighted by atomic mass is 16.5. The zero-order valence-corrected chi connectivity index (χ0v) is 14.6. The number of amides is 2. The van der Waals surface area contributed by atoms with E-state index < -0.39 is 5.72 Å². The maximum absolute atomic E-state index is 13.0. The molecule has 2 amide bonds. The molecule has 0 aliphatic carbocycles. The number of nitrogens with zero attached hydrogens (tertiary/aromatic N) is 3. The summed E-state index contributed by atoms with van der Waals surface area (Å²) in [6.45, 7) is 8.38. The monoisotopic (exact) mass is 331 g/mol. The lowest BCUT2D eigenvalue weighted by molar-refractivity contribution is -0.179. The van der Waals surface area contributed by atoms with Crippen molar-refractivity contribution in [2.75, 3.05) is 19.7 Å². The minimum Gasteiger partial charge on any atom is -0.353 e. The Bertz CT molecular complexity index is 690. The third-order valence-corrected chi connectivity index (χ3v) is 5.59. The third-order valence-electron chi connectivity index (χ3n) is 5.59. The van der Waals surface area contributed by atoms with Crippen molar-refractivity contribution in [1.82, 2.24) is 14.4 Å². The summed E-state index contributed by atoms with van der Waals surface area (Å²) in [5.74, 6) is 0.119. The van der Waals surface area contributed by atoms with E-state index in [0.717, 1.165) is 19.4 Å². The second kappa shape index (κ2) is 5.09. The van der Waals surface area contributed by atoms with E-state index in [1.165, 1.54) is 0 Å². The second-order valence-electron chi connectivity index (χ2n) is 8.04. The molecule has 130 valence electrons. The van der Waals surface area contributed by atoms with Crippen LogP contribution in [0.4, 0.5) is 0 Å². The highest BCUT2D eigenvalue weighted by Gasteiger charge is 2.61. The number of likely N-dealkylation sites (tertiary alicyclic amines) is 1. The van der Waals surface area contributed by atoms with Crippen LogP contribution >= 0.6 is 0 Å². The van der Waals surface area contributed by atoms with Crippen molar-refractivity contribution in [2.45, 2.75) is 57.3 Å². The molecule has 6 nitrogen and oxygen atoms in total. The zero-order chi connectivity index (χ0) is 17.1. The molecule has 24 heavy (non-hydrogen) atoms. The lowest BCUT2D eigenvalue weighted by Gasteiger charge is -2.42. The van der Waals surface area contributed by atoms with Gasteiger partial charge in [-0.3, -0.25) is 9.59 Å². The molecule has 0 aromatic carbocycles. The number of hydrogen-bond acceptors (Lipinski definition) is 3. The van der Waals surface area contributed by atoms with Gasteiger partial charge in [-0.15, -0.1) is 0 Å². The minimum atomic E-state index is -0.572. The Kier molecular flexibility index (Phi) is 3.33. The first-order chi connectivity index (χ1) is 11.3. The molecule has 0 bridgehead atoms. The number of carbonyl (C=O) groups excluding carboxylic acids is 2. The van der Waals surface area contributed by atoms with Crippen molar-refractivity contribution in [3.63, 3.8) is 0 Å². The number of ether oxygens (including phenoxy) is 1. The third kappa shape index (κ3) is 2.12. The van der Waals surface area contributed by atoms with Crippen molar-refractivity contribution < 1.29 is 14.3 Å². The van der Waals surface area contributed by atoms with Gasteiger partial charge in [-0.2, -0.15) is 0 Å². The topological polar surface area (TPSA) is 54.8 Å². The van der Waals surface area contributed by atoms with E-state index >= 15 is 0 Å². The summed E-state index contributed by atoms with van der Waals surface area (Å²) in [7, 11) is 0. The van der Waals surface area contributed by atoms with Crippen LogP contribution in [0.3, 0.4) is 0 Å². The molecule has 3 fully saturated rings. The number of rotatable bonds is 1. The van der Waals surface area contributed by atoms with Gasteiger partial charge in [0, 0.05) is 37.4 Å². The van der Waals surface area contributed by atoms with Crippen molar-refractivity contribution >= 4 is 11.8 Å². The number of hydrogen-bond donors (Lipinski definition) is 0. The summed E-state index contributed by atoms with van der Waals surface area (Å²) in [6, 6.07) is 1.71. The van der Waals surface area contributed by atoms with Crippen LogP contribution in [0, 0.1) is 0 Å². The van der Waals surface area contributed by atoms with Gasteiger partial charge in [0.1, 0.15) is 0 Å². The van der Waals surface area contributed by atoms with Crippen molar-refractivity contribution in [2.24, 2.45) is 0 Å². The standard InChI is InChI=1S/C18H25N3O3/c1-17(2,3)19-8-5-13(12-19)16(23)20-9-6-18-14(20)11-15(22)21(18)7-4-10-24-18/h5,8,12,14H,4,6-7,9-11H2,1-3H3/t14-,18+/m1/s1. The van der Waals surface area contributed by atoms with Gasteiger partial charge in [0.05, 0.1) is 24.6 Å². The Morgan fingerprint density at radius 2 is 2.12 bits per heavy atom. The molecule has 2 atom stereocenters. The fourth-order valence-corrected chi connectivity index (χ4v) is 4.30. The van der Waals surface area contributed by atoms with Crippen LogP contribution in [-0.4, -0.2) is 57.6 Å². The maximum atomic E-state index is 13.0. The average molecular weight is 331 g/mol. The largest absolute Gasteiger partial charge is 0.353 e. The predicted octanol–water partition coefficient (Wildman–Crippen LogP) is 1.81. The molecule has 6 heteroatoms. The van der Waals surface area contributed by atoms with E-state index in [2.05, 4.69) is 25.3 Å². The van der Waals surface area contributed by atoms with Crippen molar-refractivity contribution in [1.29, 1.82) is 0 Å². The number of aromatic nitrogens is 1. The molecule has 3 aliphatic rings. The Morgan fingerprint density at radius 3 is 2.83 bits per heavy atom. The molecule has 1 aromatic rings. The Balaban J connectivity index is 1.60. The molecule has 4 rings (SSSR count). The van der Waals surface area contributed by atoms with Gasteiger partial charge in [0.15, 0.2) is 5.72 Å². The SMILES string of the molecule is CC(C)(C)n1ccc(C(=O)N2CC[C@@]34OCCCN3C(=O)C[C@@H]24)c1. The van der Waals surface area contributed by atoms with Gasteiger partial charge in [-0.05, 0) is 33.3 Å². The van der Waals surface area contributed by atoms with Crippen LogP contribution in [0.2, 0.25) is 0 Å². The highest BCUT2D eigenvalue weighted by Crippen LogP contribution is 2.45. The molecule has 3 saturated heterocycles. The normalized spacial score (nSPS) is 29.8. The first-order valence-corrected chi connectivity index (χ1v) is 8.77. The van der Waals surface area contributed by atoms with Crippen LogP contribution < -0.4 is 0 Å². The Hall–Kier alpha value is -1.82.